The second kappa shape index (κ2) is 7.02. The number of likely N-dealkylation sites (N-methyl/N-ethyl adjacent to an activating group) is 1. The minimum atomic E-state index is 0.571. The van der Waals surface area contributed by atoms with E-state index < -0.39 is 0 Å². The van der Waals surface area contributed by atoms with Crippen LogP contribution in [0.3, 0.4) is 0 Å². The van der Waals surface area contributed by atoms with Gasteiger partial charge < -0.3 is 10.2 Å². The van der Waals surface area contributed by atoms with Gasteiger partial charge in [0.25, 0.3) is 0 Å². The van der Waals surface area contributed by atoms with Crippen molar-refractivity contribution in [2.45, 2.75) is 57.5 Å². The average molecular weight is 342 g/mol. The molecule has 2 saturated heterocycles. The Balaban J connectivity index is 1.55. The summed E-state index contributed by atoms with van der Waals surface area (Å²) in [5.41, 5.74) is 3.79. The van der Waals surface area contributed by atoms with Gasteiger partial charge in [0.1, 0.15) is 0 Å². The largest absolute Gasteiger partial charge is 0.317 e. The molecule has 3 heteroatoms. The number of nitrogens with one attached hydrogen (secondary N) is 1. The summed E-state index contributed by atoms with van der Waals surface area (Å²) in [5.74, 6) is 0.599. The summed E-state index contributed by atoms with van der Waals surface area (Å²) in [5, 5.41) is 3.54. The van der Waals surface area contributed by atoms with Crippen molar-refractivity contribution in [3.05, 3.63) is 35.4 Å². The Morgan fingerprint density at radius 2 is 1.80 bits per heavy atom. The van der Waals surface area contributed by atoms with Crippen molar-refractivity contribution in [1.82, 2.24) is 15.1 Å². The molecule has 0 aromatic heterocycles. The number of hydrogen-bond acceptors (Lipinski definition) is 3. The van der Waals surface area contributed by atoms with Crippen LogP contribution in [0.4, 0.5) is 0 Å². The highest BCUT2D eigenvalue weighted by atomic mass is 15.3. The zero-order valence-corrected chi connectivity index (χ0v) is 16.3. The lowest BCUT2D eigenvalue weighted by Gasteiger charge is -2.57. The zero-order valence-electron chi connectivity index (χ0n) is 16.3. The Morgan fingerprint density at radius 1 is 1.08 bits per heavy atom. The van der Waals surface area contributed by atoms with Crippen molar-refractivity contribution < 1.29 is 0 Å². The number of benzene rings is 1. The van der Waals surface area contributed by atoms with Crippen molar-refractivity contribution in [2.24, 2.45) is 5.41 Å². The third-order valence-corrected chi connectivity index (χ3v) is 7.07. The van der Waals surface area contributed by atoms with E-state index in [2.05, 4.69) is 60.3 Å². The van der Waals surface area contributed by atoms with Crippen LogP contribution in [0.25, 0.3) is 0 Å². The van der Waals surface area contributed by atoms with E-state index in [4.69, 9.17) is 0 Å². The van der Waals surface area contributed by atoms with Gasteiger partial charge in [0, 0.05) is 31.7 Å². The standard InChI is InChI=1S/C22H35N3/c1-17(2)19-6-4-5-7-20(19)21-16-24(3)12-13-25(21)18-14-22(15-18)8-10-23-11-9-22/h4-7,17-18,21,23H,8-16H2,1-3H3. The second-order valence-corrected chi connectivity index (χ2v) is 9.11. The van der Waals surface area contributed by atoms with E-state index in [-0.39, 0.29) is 0 Å². The van der Waals surface area contributed by atoms with E-state index in [0.29, 0.717) is 17.4 Å². The van der Waals surface area contributed by atoms with Crippen LogP contribution in [0.5, 0.6) is 0 Å². The highest BCUT2D eigenvalue weighted by Gasteiger charge is 2.48. The van der Waals surface area contributed by atoms with Crippen LogP contribution >= 0.6 is 0 Å². The van der Waals surface area contributed by atoms with Gasteiger partial charge in [-0.2, -0.15) is 0 Å². The van der Waals surface area contributed by atoms with Crippen LogP contribution in [0.1, 0.15) is 62.6 Å². The molecule has 1 unspecified atom stereocenters. The molecule has 1 saturated carbocycles. The fourth-order valence-corrected chi connectivity index (χ4v) is 5.53. The maximum atomic E-state index is 3.54. The molecule has 2 heterocycles. The SMILES string of the molecule is CC(C)c1ccccc1C1CN(C)CCN1C1CC2(CCNCC2)C1. The fourth-order valence-electron chi connectivity index (χ4n) is 5.53. The molecule has 3 aliphatic rings. The molecule has 1 aliphatic carbocycles. The molecule has 2 aliphatic heterocycles. The maximum absolute atomic E-state index is 3.54. The quantitative estimate of drug-likeness (QED) is 0.906. The Morgan fingerprint density at radius 3 is 2.52 bits per heavy atom. The van der Waals surface area contributed by atoms with Crippen LogP contribution in [0.2, 0.25) is 0 Å². The molecule has 4 rings (SSSR count). The lowest BCUT2D eigenvalue weighted by molar-refractivity contribution is -0.0608. The van der Waals surface area contributed by atoms with E-state index >= 15 is 0 Å². The lowest BCUT2D eigenvalue weighted by Crippen LogP contribution is -2.59. The number of rotatable bonds is 3. The number of piperidine rings is 1. The van der Waals surface area contributed by atoms with Crippen LogP contribution in [-0.4, -0.2) is 55.6 Å². The van der Waals surface area contributed by atoms with Crippen molar-refractivity contribution in [3.63, 3.8) is 0 Å². The summed E-state index contributed by atoms with van der Waals surface area (Å²) in [4.78, 5) is 5.39. The van der Waals surface area contributed by atoms with Gasteiger partial charge in [-0.3, -0.25) is 4.90 Å². The number of piperazine rings is 1. The third kappa shape index (κ3) is 3.39. The Kier molecular flexibility index (Phi) is 4.91. The second-order valence-electron chi connectivity index (χ2n) is 9.11. The molecular formula is C22H35N3. The highest BCUT2D eigenvalue weighted by Crippen LogP contribution is 2.51. The van der Waals surface area contributed by atoms with Gasteiger partial charge in [0.2, 0.25) is 0 Å². The molecule has 1 N–H and O–H groups in total. The molecule has 1 aromatic rings. The first-order chi connectivity index (χ1) is 12.1. The van der Waals surface area contributed by atoms with E-state index in [0.717, 1.165) is 6.04 Å². The summed E-state index contributed by atoms with van der Waals surface area (Å²) in [6.45, 7) is 10.8. The normalized spacial score (nSPS) is 28.4. The van der Waals surface area contributed by atoms with Crippen molar-refractivity contribution >= 4 is 0 Å². The Hall–Kier alpha value is -0.900. The molecule has 0 bridgehead atoms. The minimum absolute atomic E-state index is 0.571. The maximum Gasteiger partial charge on any atom is 0.0481 e. The molecule has 1 aromatic carbocycles. The monoisotopic (exact) mass is 341 g/mol. The molecule has 25 heavy (non-hydrogen) atoms. The van der Waals surface area contributed by atoms with E-state index in [1.54, 1.807) is 11.1 Å². The van der Waals surface area contributed by atoms with Crippen LogP contribution in [0.15, 0.2) is 24.3 Å². The van der Waals surface area contributed by atoms with Crippen molar-refractivity contribution in [2.75, 3.05) is 39.8 Å². The highest BCUT2D eigenvalue weighted by molar-refractivity contribution is 5.33. The predicted molar refractivity (Wildman–Crippen MR) is 105 cm³/mol. The summed E-state index contributed by atoms with van der Waals surface area (Å²) >= 11 is 0. The summed E-state index contributed by atoms with van der Waals surface area (Å²) in [7, 11) is 2.29. The zero-order chi connectivity index (χ0) is 17.4. The van der Waals surface area contributed by atoms with Crippen LogP contribution in [0, 0.1) is 5.41 Å². The smallest absolute Gasteiger partial charge is 0.0481 e. The predicted octanol–water partition coefficient (Wildman–Crippen LogP) is 3.63. The molecule has 1 spiro atoms. The molecule has 0 amide bonds. The van der Waals surface area contributed by atoms with Crippen LogP contribution in [-0.2, 0) is 0 Å². The van der Waals surface area contributed by atoms with Crippen LogP contribution < -0.4 is 5.32 Å². The van der Waals surface area contributed by atoms with Gasteiger partial charge in [0.15, 0.2) is 0 Å². The summed E-state index contributed by atoms with van der Waals surface area (Å²) in [6, 6.07) is 10.6. The molecule has 3 fully saturated rings. The first kappa shape index (κ1) is 17.5. The number of nitrogens with zero attached hydrogens (tertiary/aromatic N) is 2. The Labute approximate surface area is 153 Å². The molecule has 138 valence electrons. The average Bonchev–Trinajstić information content (AvgIpc) is 2.60. The molecule has 0 radical (unpaired) electrons. The van der Waals surface area contributed by atoms with E-state index in [9.17, 15) is 0 Å². The molecule has 3 nitrogen and oxygen atoms in total. The van der Waals surface area contributed by atoms with Gasteiger partial charge in [-0.25, -0.2) is 0 Å². The Bertz CT molecular complexity index is 583. The first-order valence-corrected chi connectivity index (χ1v) is 10.3. The van der Waals surface area contributed by atoms with Crippen molar-refractivity contribution in [3.8, 4) is 0 Å². The van der Waals surface area contributed by atoms with E-state index in [1.165, 1.54) is 58.4 Å². The molecular weight excluding hydrogens is 306 g/mol. The van der Waals surface area contributed by atoms with Gasteiger partial charge in [-0.15, -0.1) is 0 Å². The summed E-state index contributed by atoms with van der Waals surface area (Å²) in [6.07, 6.45) is 5.65. The van der Waals surface area contributed by atoms with Gasteiger partial charge >= 0.3 is 0 Å². The third-order valence-electron chi connectivity index (χ3n) is 7.07. The van der Waals surface area contributed by atoms with Crippen molar-refractivity contribution in [1.29, 1.82) is 0 Å². The minimum Gasteiger partial charge on any atom is -0.317 e. The first-order valence-electron chi connectivity index (χ1n) is 10.3. The van der Waals surface area contributed by atoms with Gasteiger partial charge in [-0.1, -0.05) is 38.1 Å². The van der Waals surface area contributed by atoms with E-state index in [1.807, 2.05) is 0 Å². The van der Waals surface area contributed by atoms with Gasteiger partial charge in [0.05, 0.1) is 0 Å². The molecule has 1 atom stereocenters. The fraction of sp³-hybridized carbons (Fsp3) is 0.727. The summed E-state index contributed by atoms with van der Waals surface area (Å²) < 4.78 is 0. The lowest BCUT2D eigenvalue weighted by atomic mass is 9.60. The number of hydrogen-bond donors (Lipinski definition) is 1. The van der Waals surface area contributed by atoms with Gasteiger partial charge in [-0.05, 0) is 68.3 Å². The topological polar surface area (TPSA) is 18.5 Å².